The maximum absolute atomic E-state index is 9.15. The molecule has 0 radical (unpaired) electrons. The van der Waals surface area contributed by atoms with Gasteiger partial charge in [-0.15, -0.1) is 0 Å². The second kappa shape index (κ2) is 5.63. The predicted molar refractivity (Wildman–Crippen MR) is 85.0 cm³/mol. The van der Waals surface area contributed by atoms with Gasteiger partial charge in [0.1, 0.15) is 23.2 Å². The molecule has 1 aromatic heterocycles. The van der Waals surface area contributed by atoms with Crippen molar-refractivity contribution in [3.8, 4) is 11.8 Å². The van der Waals surface area contributed by atoms with Crippen LogP contribution in [0, 0.1) is 11.3 Å². The highest BCUT2D eigenvalue weighted by molar-refractivity contribution is 6.52. The largest absolute Gasteiger partial charge is 0.495 e. The topological polar surface area (TPSA) is 90.4 Å². The predicted octanol–water partition coefficient (Wildman–Crippen LogP) is 2.19. The zero-order valence-corrected chi connectivity index (χ0v) is 13.5. The van der Waals surface area contributed by atoms with Gasteiger partial charge >= 0.3 is 7.12 Å². The van der Waals surface area contributed by atoms with Crippen molar-refractivity contribution < 1.29 is 14.0 Å². The van der Waals surface area contributed by atoms with Crippen LogP contribution in [0.15, 0.2) is 12.2 Å². The number of rotatable bonds is 3. The van der Waals surface area contributed by atoms with Gasteiger partial charge in [0.15, 0.2) is 0 Å². The van der Waals surface area contributed by atoms with E-state index in [1.807, 2.05) is 33.8 Å². The summed E-state index contributed by atoms with van der Waals surface area (Å²) < 4.78 is 17.0. The number of hydrogen-bond acceptors (Lipinski definition) is 6. The Bertz CT molecular complexity index is 634. The average Bonchev–Trinajstić information content (AvgIpc) is 2.64. The third-order valence-electron chi connectivity index (χ3n) is 4.11. The van der Waals surface area contributed by atoms with Crippen molar-refractivity contribution in [2.75, 3.05) is 12.8 Å². The quantitative estimate of drug-likeness (QED) is 0.861. The summed E-state index contributed by atoms with van der Waals surface area (Å²) in [7, 11) is 1.01. The highest BCUT2D eigenvalue weighted by Crippen LogP contribution is 2.37. The lowest BCUT2D eigenvalue weighted by atomic mass is 9.89. The van der Waals surface area contributed by atoms with Gasteiger partial charge in [-0.3, -0.25) is 0 Å². The minimum Gasteiger partial charge on any atom is -0.495 e. The van der Waals surface area contributed by atoms with Crippen molar-refractivity contribution in [3.05, 3.63) is 23.3 Å². The van der Waals surface area contributed by atoms with Gasteiger partial charge in [-0.1, -0.05) is 12.1 Å². The van der Waals surface area contributed by atoms with E-state index in [1.165, 1.54) is 7.11 Å². The van der Waals surface area contributed by atoms with Crippen LogP contribution in [0.1, 0.15) is 38.8 Å². The number of anilines is 1. The zero-order valence-electron chi connectivity index (χ0n) is 13.5. The Hall–Kier alpha value is -2.04. The molecule has 116 valence electrons. The summed E-state index contributed by atoms with van der Waals surface area (Å²) in [5.41, 5.74) is 5.74. The van der Waals surface area contributed by atoms with Gasteiger partial charge in [-0.05, 0) is 27.7 Å². The first-order valence-corrected chi connectivity index (χ1v) is 6.98. The summed E-state index contributed by atoms with van der Waals surface area (Å²) in [5, 5.41) is 9.15. The number of methoxy groups -OCH3 is 1. The Morgan fingerprint density at radius 3 is 2.41 bits per heavy atom. The Labute approximate surface area is 131 Å². The second-order valence-electron chi connectivity index (χ2n) is 6.10. The molecule has 0 bridgehead atoms. The highest BCUT2D eigenvalue weighted by atomic mass is 16.7. The maximum Gasteiger partial charge on any atom is 0.487 e. The molecule has 0 saturated carbocycles. The normalized spacial score (nSPS) is 19.4. The number of nitrogen functional groups attached to an aromatic ring is 1. The summed E-state index contributed by atoms with van der Waals surface area (Å²) >= 11 is 0. The molecule has 6 nitrogen and oxygen atoms in total. The Kier molecular flexibility index (Phi) is 4.18. The van der Waals surface area contributed by atoms with Crippen molar-refractivity contribution >= 4 is 19.0 Å². The molecule has 1 aliphatic heterocycles. The van der Waals surface area contributed by atoms with Crippen LogP contribution in [-0.4, -0.2) is 30.4 Å². The van der Waals surface area contributed by atoms with E-state index in [0.717, 1.165) is 0 Å². The fourth-order valence-corrected chi connectivity index (χ4v) is 2.12. The van der Waals surface area contributed by atoms with E-state index < -0.39 is 18.3 Å². The van der Waals surface area contributed by atoms with Crippen LogP contribution in [0.5, 0.6) is 5.75 Å². The molecular formula is C15H20BN3O3. The molecule has 7 heteroatoms. The summed E-state index contributed by atoms with van der Waals surface area (Å²) in [4.78, 5) is 4.00. The smallest absolute Gasteiger partial charge is 0.487 e. The van der Waals surface area contributed by atoms with Gasteiger partial charge in [0.25, 0.3) is 0 Å². The lowest BCUT2D eigenvalue weighted by Gasteiger charge is -2.32. The van der Waals surface area contributed by atoms with Crippen molar-refractivity contribution in [2.24, 2.45) is 0 Å². The molecule has 1 saturated heterocycles. The molecule has 0 unspecified atom stereocenters. The Balaban J connectivity index is 2.28. The molecule has 22 heavy (non-hydrogen) atoms. The lowest BCUT2D eigenvalue weighted by Crippen LogP contribution is -2.41. The number of nitriles is 1. The average molecular weight is 301 g/mol. The van der Waals surface area contributed by atoms with Gasteiger partial charge < -0.3 is 19.8 Å². The second-order valence-corrected chi connectivity index (χ2v) is 6.10. The number of pyridine rings is 1. The van der Waals surface area contributed by atoms with E-state index in [4.69, 9.17) is 25.0 Å². The fourth-order valence-electron chi connectivity index (χ4n) is 2.12. The number of nitrogens with zero attached hydrogens (tertiary/aromatic N) is 2. The van der Waals surface area contributed by atoms with Crippen LogP contribution >= 0.6 is 0 Å². The van der Waals surface area contributed by atoms with E-state index in [0.29, 0.717) is 11.3 Å². The summed E-state index contributed by atoms with van der Waals surface area (Å²) in [6, 6.07) is 2.00. The molecule has 2 N–H and O–H groups in total. The van der Waals surface area contributed by atoms with Crippen LogP contribution in [0.3, 0.4) is 0 Å². The molecule has 1 fully saturated rings. The van der Waals surface area contributed by atoms with Gasteiger partial charge in [0, 0.05) is 11.8 Å². The molecule has 1 aromatic rings. The van der Waals surface area contributed by atoms with Gasteiger partial charge in [-0.25, -0.2) is 4.98 Å². The van der Waals surface area contributed by atoms with Crippen molar-refractivity contribution in [1.29, 1.82) is 5.26 Å². The highest BCUT2D eigenvalue weighted by Gasteiger charge is 2.50. The maximum atomic E-state index is 9.15. The van der Waals surface area contributed by atoms with E-state index in [-0.39, 0.29) is 11.4 Å². The molecule has 0 spiro atoms. The minimum absolute atomic E-state index is 0.145. The van der Waals surface area contributed by atoms with Crippen LogP contribution in [-0.2, 0) is 9.31 Å². The molecule has 1 aliphatic rings. The summed E-state index contributed by atoms with van der Waals surface area (Å²) in [6.45, 7) is 7.94. The van der Waals surface area contributed by atoms with Gasteiger partial charge in [-0.2, -0.15) is 5.26 Å². The SMILES string of the molecule is COc1c(/C=C/B2OC(C)(C)C(C)(C)O2)cnc(N)c1C#N. The van der Waals surface area contributed by atoms with Gasteiger partial charge in [0.2, 0.25) is 0 Å². The molecule has 0 atom stereocenters. The fraction of sp³-hybridized carbons (Fsp3) is 0.467. The molecular weight excluding hydrogens is 281 g/mol. The van der Waals surface area contributed by atoms with Crippen molar-refractivity contribution in [3.63, 3.8) is 0 Å². The third-order valence-corrected chi connectivity index (χ3v) is 4.11. The number of ether oxygens (including phenoxy) is 1. The van der Waals surface area contributed by atoms with Crippen LogP contribution in [0.25, 0.3) is 6.08 Å². The van der Waals surface area contributed by atoms with Gasteiger partial charge in [0.05, 0.1) is 18.3 Å². The number of nitrogens with two attached hydrogens (primary N) is 1. The van der Waals surface area contributed by atoms with Crippen molar-refractivity contribution in [2.45, 2.75) is 38.9 Å². The first kappa shape index (κ1) is 16.3. The van der Waals surface area contributed by atoms with E-state index in [9.17, 15) is 0 Å². The monoisotopic (exact) mass is 301 g/mol. The standard InChI is InChI=1S/C15H20BN3O3/c1-14(2)15(3,4)22-16(21-14)7-6-10-9-19-13(18)11(8-17)12(10)20-5/h6-7,9H,1-5H3,(H2,18,19)/b7-6+. The summed E-state index contributed by atoms with van der Waals surface area (Å²) in [6.07, 6.45) is 3.31. The van der Waals surface area contributed by atoms with E-state index >= 15 is 0 Å². The summed E-state index contributed by atoms with van der Waals surface area (Å²) in [5.74, 6) is 2.31. The molecule has 0 aliphatic carbocycles. The number of hydrogen-bond donors (Lipinski definition) is 1. The molecule has 2 heterocycles. The van der Waals surface area contributed by atoms with Crippen LogP contribution < -0.4 is 10.5 Å². The Morgan fingerprint density at radius 2 is 1.91 bits per heavy atom. The number of aromatic nitrogens is 1. The minimum atomic E-state index is -0.474. The van der Waals surface area contributed by atoms with Crippen molar-refractivity contribution in [1.82, 2.24) is 4.98 Å². The third kappa shape index (κ3) is 2.80. The van der Waals surface area contributed by atoms with Crippen LogP contribution in [0.4, 0.5) is 5.82 Å². The van der Waals surface area contributed by atoms with Crippen LogP contribution in [0.2, 0.25) is 0 Å². The van der Waals surface area contributed by atoms with E-state index in [1.54, 1.807) is 18.2 Å². The molecule has 2 rings (SSSR count). The first-order chi connectivity index (χ1) is 10.2. The molecule has 0 amide bonds. The Morgan fingerprint density at radius 1 is 1.32 bits per heavy atom. The lowest BCUT2D eigenvalue weighted by molar-refractivity contribution is 0.00578. The van der Waals surface area contributed by atoms with E-state index in [2.05, 4.69) is 4.98 Å². The first-order valence-electron chi connectivity index (χ1n) is 6.98. The molecule has 0 aromatic carbocycles. The zero-order chi connectivity index (χ0) is 16.5.